The van der Waals surface area contributed by atoms with Gasteiger partial charge in [-0.2, -0.15) is 0 Å². The second kappa shape index (κ2) is 4.32. The Labute approximate surface area is 117 Å². The van der Waals surface area contributed by atoms with Gasteiger partial charge in [0.1, 0.15) is 21.9 Å². The first-order valence-electron chi connectivity index (χ1n) is 6.45. The van der Waals surface area contributed by atoms with Crippen LogP contribution in [0.25, 0.3) is 0 Å². The standard InChI is InChI=1S/C15H18N2OS/c1-14(2)10-15(16-3,13-17-8-9-19-13)11-6-4-5-7-12(11)18-14/h4-9,16H,10H2,1-3H3. The summed E-state index contributed by atoms with van der Waals surface area (Å²) in [6.45, 7) is 4.26. The van der Waals surface area contributed by atoms with E-state index in [4.69, 9.17) is 4.74 Å². The first-order valence-corrected chi connectivity index (χ1v) is 7.33. The molecule has 0 bridgehead atoms. The largest absolute Gasteiger partial charge is 0.487 e. The Balaban J connectivity index is 2.24. The number of nitrogens with one attached hydrogen (secondary N) is 1. The maximum Gasteiger partial charge on any atom is 0.125 e. The molecule has 0 amide bonds. The lowest BCUT2D eigenvalue weighted by molar-refractivity contribution is 0.0470. The normalized spacial score (nSPS) is 24.6. The molecule has 1 unspecified atom stereocenters. The average molecular weight is 274 g/mol. The van der Waals surface area contributed by atoms with Crippen molar-refractivity contribution < 1.29 is 4.74 Å². The van der Waals surface area contributed by atoms with Crippen LogP contribution in [0.4, 0.5) is 0 Å². The van der Waals surface area contributed by atoms with Crippen LogP contribution in [0.15, 0.2) is 35.8 Å². The summed E-state index contributed by atoms with van der Waals surface area (Å²) in [6.07, 6.45) is 2.73. The lowest BCUT2D eigenvalue weighted by Gasteiger charge is -2.45. The third-order valence-electron chi connectivity index (χ3n) is 3.65. The second-order valence-corrected chi connectivity index (χ2v) is 6.42. The van der Waals surface area contributed by atoms with Crippen LogP contribution in [0.2, 0.25) is 0 Å². The van der Waals surface area contributed by atoms with Crippen LogP contribution in [0, 0.1) is 0 Å². The van der Waals surface area contributed by atoms with E-state index < -0.39 is 0 Å². The molecule has 1 aromatic carbocycles. The molecule has 1 aliphatic heterocycles. The second-order valence-electron chi connectivity index (χ2n) is 5.53. The van der Waals surface area contributed by atoms with Crippen LogP contribution in [-0.4, -0.2) is 17.6 Å². The fourth-order valence-electron chi connectivity index (χ4n) is 2.93. The van der Waals surface area contributed by atoms with Crippen LogP contribution in [0.3, 0.4) is 0 Å². The third kappa shape index (κ3) is 1.95. The van der Waals surface area contributed by atoms with Gasteiger partial charge in [-0.3, -0.25) is 0 Å². The quantitative estimate of drug-likeness (QED) is 0.913. The summed E-state index contributed by atoms with van der Waals surface area (Å²) in [5.74, 6) is 0.948. The Kier molecular flexibility index (Phi) is 2.87. The molecule has 3 rings (SSSR count). The smallest absolute Gasteiger partial charge is 0.125 e. The van der Waals surface area contributed by atoms with Crippen molar-refractivity contribution >= 4 is 11.3 Å². The number of benzene rings is 1. The molecule has 1 atom stereocenters. The Hall–Kier alpha value is -1.39. The van der Waals surface area contributed by atoms with Gasteiger partial charge in [0.25, 0.3) is 0 Å². The summed E-state index contributed by atoms with van der Waals surface area (Å²) < 4.78 is 6.11. The summed E-state index contributed by atoms with van der Waals surface area (Å²) >= 11 is 1.69. The predicted molar refractivity (Wildman–Crippen MR) is 77.7 cm³/mol. The van der Waals surface area contributed by atoms with E-state index in [1.54, 1.807) is 11.3 Å². The molecule has 0 saturated heterocycles. The molecule has 2 heterocycles. The van der Waals surface area contributed by atoms with E-state index in [1.807, 2.05) is 30.8 Å². The first-order chi connectivity index (χ1) is 9.07. The molecule has 2 aromatic rings. The molecule has 3 nitrogen and oxygen atoms in total. The van der Waals surface area contributed by atoms with Gasteiger partial charge in [-0.15, -0.1) is 11.3 Å². The van der Waals surface area contributed by atoms with Crippen molar-refractivity contribution in [3.8, 4) is 5.75 Å². The maximum atomic E-state index is 6.11. The number of ether oxygens (including phenoxy) is 1. The summed E-state index contributed by atoms with van der Waals surface area (Å²) in [5.41, 5.74) is 0.696. The monoisotopic (exact) mass is 274 g/mol. The molecule has 0 fully saturated rings. The molecule has 0 radical (unpaired) electrons. The molecule has 4 heteroatoms. The highest BCUT2D eigenvalue weighted by atomic mass is 32.1. The van der Waals surface area contributed by atoms with E-state index >= 15 is 0 Å². The number of hydrogen-bond acceptors (Lipinski definition) is 4. The minimum absolute atomic E-state index is 0.219. The van der Waals surface area contributed by atoms with Gasteiger partial charge in [0, 0.05) is 23.6 Å². The minimum atomic E-state index is -0.257. The highest BCUT2D eigenvalue weighted by molar-refractivity contribution is 7.09. The van der Waals surface area contributed by atoms with Gasteiger partial charge in [-0.1, -0.05) is 18.2 Å². The van der Waals surface area contributed by atoms with Crippen molar-refractivity contribution in [3.63, 3.8) is 0 Å². The summed E-state index contributed by atoms with van der Waals surface area (Å²) in [6, 6.07) is 8.24. The Bertz CT molecular complexity index is 580. The number of fused-ring (bicyclic) bond motifs is 1. The number of aromatic nitrogens is 1. The number of hydrogen-bond donors (Lipinski definition) is 1. The van der Waals surface area contributed by atoms with E-state index in [0.29, 0.717) is 0 Å². The minimum Gasteiger partial charge on any atom is -0.487 e. The maximum absolute atomic E-state index is 6.11. The molecule has 1 N–H and O–H groups in total. The van der Waals surface area contributed by atoms with Crippen molar-refractivity contribution in [2.24, 2.45) is 0 Å². The molecule has 1 aliphatic rings. The SMILES string of the molecule is CNC1(c2nccs2)CC(C)(C)Oc2ccccc21. The summed E-state index contributed by atoms with van der Waals surface area (Å²) in [5, 5.41) is 6.62. The zero-order valence-corrected chi connectivity index (χ0v) is 12.3. The van der Waals surface area contributed by atoms with Gasteiger partial charge < -0.3 is 10.1 Å². The molecule has 100 valence electrons. The molecule has 0 spiro atoms. The summed E-state index contributed by atoms with van der Waals surface area (Å²) in [4.78, 5) is 4.55. The van der Waals surface area contributed by atoms with Crippen molar-refractivity contribution in [1.29, 1.82) is 0 Å². The van der Waals surface area contributed by atoms with Crippen LogP contribution >= 0.6 is 11.3 Å². The fourth-order valence-corrected chi connectivity index (χ4v) is 3.79. The number of rotatable bonds is 2. The van der Waals surface area contributed by atoms with Gasteiger partial charge in [-0.05, 0) is 27.0 Å². The van der Waals surface area contributed by atoms with E-state index in [1.165, 1.54) is 5.56 Å². The predicted octanol–water partition coefficient (Wildman–Crippen LogP) is 3.17. The Morgan fingerprint density at radius 2 is 2.11 bits per heavy atom. The zero-order chi connectivity index (χ0) is 13.5. The highest BCUT2D eigenvalue weighted by Gasteiger charge is 2.47. The van der Waals surface area contributed by atoms with E-state index in [0.717, 1.165) is 17.2 Å². The highest BCUT2D eigenvalue weighted by Crippen LogP contribution is 2.47. The van der Waals surface area contributed by atoms with Crippen molar-refractivity contribution in [3.05, 3.63) is 46.4 Å². The number of thiazole rings is 1. The van der Waals surface area contributed by atoms with Gasteiger partial charge in [-0.25, -0.2) is 4.98 Å². The van der Waals surface area contributed by atoms with E-state index in [2.05, 4.69) is 36.3 Å². The van der Waals surface area contributed by atoms with Crippen molar-refractivity contribution in [2.75, 3.05) is 7.05 Å². The van der Waals surface area contributed by atoms with Gasteiger partial charge in [0.05, 0.1) is 0 Å². The molecule has 0 saturated carbocycles. The van der Waals surface area contributed by atoms with E-state index in [-0.39, 0.29) is 11.1 Å². The van der Waals surface area contributed by atoms with Crippen LogP contribution in [0.5, 0.6) is 5.75 Å². The van der Waals surface area contributed by atoms with E-state index in [9.17, 15) is 0 Å². The number of nitrogens with zero attached hydrogens (tertiary/aromatic N) is 1. The summed E-state index contributed by atoms with van der Waals surface area (Å²) in [7, 11) is 2.00. The van der Waals surface area contributed by atoms with Crippen LogP contribution < -0.4 is 10.1 Å². The molecular weight excluding hydrogens is 256 g/mol. The van der Waals surface area contributed by atoms with Crippen LogP contribution in [-0.2, 0) is 5.54 Å². The van der Waals surface area contributed by atoms with Crippen molar-refractivity contribution in [2.45, 2.75) is 31.4 Å². The van der Waals surface area contributed by atoms with Gasteiger partial charge >= 0.3 is 0 Å². The Morgan fingerprint density at radius 3 is 2.79 bits per heavy atom. The average Bonchev–Trinajstić information content (AvgIpc) is 2.90. The Morgan fingerprint density at radius 1 is 1.32 bits per heavy atom. The number of para-hydroxylation sites is 1. The van der Waals surface area contributed by atoms with Crippen molar-refractivity contribution in [1.82, 2.24) is 10.3 Å². The molecular formula is C15H18N2OS. The molecule has 0 aliphatic carbocycles. The lowest BCUT2D eigenvalue weighted by atomic mass is 9.78. The third-order valence-corrected chi connectivity index (χ3v) is 4.58. The van der Waals surface area contributed by atoms with Gasteiger partial charge in [0.15, 0.2) is 0 Å². The topological polar surface area (TPSA) is 34.2 Å². The lowest BCUT2D eigenvalue weighted by Crippen LogP contribution is -2.51. The van der Waals surface area contributed by atoms with Gasteiger partial charge in [0.2, 0.25) is 0 Å². The molecule has 1 aromatic heterocycles. The zero-order valence-electron chi connectivity index (χ0n) is 11.4. The van der Waals surface area contributed by atoms with Crippen LogP contribution in [0.1, 0.15) is 30.8 Å². The fraction of sp³-hybridized carbons (Fsp3) is 0.400. The molecule has 19 heavy (non-hydrogen) atoms. The first kappa shape index (κ1) is 12.6.